The van der Waals surface area contributed by atoms with Gasteiger partial charge in [0.2, 0.25) is 0 Å². The van der Waals surface area contributed by atoms with Gasteiger partial charge in [0.05, 0.1) is 5.56 Å². The average Bonchev–Trinajstić information content (AvgIpc) is 2.70. The number of carbonyl (C=O) groups excluding carboxylic acids is 1. The molecule has 2 atom stereocenters. The third-order valence-electron chi connectivity index (χ3n) is 3.89. The second-order valence-corrected chi connectivity index (χ2v) is 6.11. The molecule has 0 heterocycles. The van der Waals surface area contributed by atoms with Crippen molar-refractivity contribution < 1.29 is 28.5 Å². The van der Waals surface area contributed by atoms with Crippen LogP contribution in [-0.2, 0) is 9.47 Å². The summed E-state index contributed by atoms with van der Waals surface area (Å²) in [5, 5.41) is 0. The number of rotatable bonds is 11. The average molecular weight is 400 g/mol. The first kappa shape index (κ1) is 22.5. The molecule has 0 aromatic heterocycles. The fourth-order valence-electron chi connectivity index (χ4n) is 2.56. The number of hydrogen-bond donors (Lipinski definition) is 0. The minimum Gasteiger partial charge on any atom is -0.461 e. The van der Waals surface area contributed by atoms with E-state index in [9.17, 15) is 4.79 Å². The summed E-state index contributed by atoms with van der Waals surface area (Å²) in [4.78, 5) is 12.6. The van der Waals surface area contributed by atoms with E-state index in [4.69, 9.17) is 23.7 Å². The van der Waals surface area contributed by atoms with Crippen molar-refractivity contribution in [3.05, 3.63) is 60.2 Å². The van der Waals surface area contributed by atoms with E-state index in [0.29, 0.717) is 36.0 Å². The van der Waals surface area contributed by atoms with E-state index in [1.54, 1.807) is 50.3 Å². The van der Waals surface area contributed by atoms with Crippen molar-refractivity contribution >= 4 is 12.0 Å². The molecule has 0 amide bonds. The summed E-state index contributed by atoms with van der Waals surface area (Å²) < 4.78 is 27.9. The maximum atomic E-state index is 12.6. The van der Waals surface area contributed by atoms with Gasteiger partial charge in [-0.1, -0.05) is 24.8 Å². The molecule has 0 radical (unpaired) electrons. The van der Waals surface area contributed by atoms with Gasteiger partial charge in [0.15, 0.2) is 24.1 Å². The van der Waals surface area contributed by atoms with Crippen molar-refractivity contribution in [1.29, 1.82) is 0 Å². The highest BCUT2D eigenvalue weighted by Crippen LogP contribution is 2.31. The zero-order valence-electron chi connectivity index (χ0n) is 17.3. The van der Waals surface area contributed by atoms with Gasteiger partial charge in [0.1, 0.15) is 5.75 Å². The highest BCUT2D eigenvalue weighted by Gasteiger charge is 2.17. The smallest absolute Gasteiger partial charge is 0.343 e. The van der Waals surface area contributed by atoms with Crippen molar-refractivity contribution in [2.24, 2.45) is 0 Å². The molecule has 0 aliphatic heterocycles. The quantitative estimate of drug-likeness (QED) is 0.298. The first-order valence-electron chi connectivity index (χ1n) is 9.62. The third-order valence-corrected chi connectivity index (χ3v) is 3.89. The molecule has 0 aliphatic rings. The Hall–Kier alpha value is -2.83. The lowest BCUT2D eigenvalue weighted by molar-refractivity contribution is -0.0766. The van der Waals surface area contributed by atoms with Crippen LogP contribution in [0.5, 0.6) is 17.2 Å². The van der Waals surface area contributed by atoms with E-state index in [1.165, 1.54) is 0 Å². The molecule has 6 nitrogen and oxygen atoms in total. The zero-order chi connectivity index (χ0) is 21.2. The van der Waals surface area contributed by atoms with Gasteiger partial charge in [0.25, 0.3) is 0 Å². The third kappa shape index (κ3) is 6.93. The predicted molar refractivity (Wildman–Crippen MR) is 111 cm³/mol. The van der Waals surface area contributed by atoms with Crippen LogP contribution in [0.4, 0.5) is 0 Å². The standard InChI is InChI=1S/C23H28O6/c1-6-18-9-12-20(13-10-18)29-23(24)19-11-14-21(27-16(4)25-7-2)22(15-19)28-17(5)26-8-3/h6,9-17H,1,7-8H2,2-5H3. The molecular weight excluding hydrogens is 372 g/mol. The first-order chi connectivity index (χ1) is 14.0. The van der Waals surface area contributed by atoms with E-state index >= 15 is 0 Å². The molecule has 2 aromatic carbocycles. The molecule has 0 spiro atoms. The highest BCUT2D eigenvalue weighted by molar-refractivity contribution is 5.91. The van der Waals surface area contributed by atoms with Gasteiger partial charge >= 0.3 is 5.97 Å². The zero-order valence-corrected chi connectivity index (χ0v) is 17.3. The molecule has 29 heavy (non-hydrogen) atoms. The molecule has 0 bridgehead atoms. The van der Waals surface area contributed by atoms with Gasteiger partial charge in [-0.15, -0.1) is 0 Å². The van der Waals surface area contributed by atoms with Crippen molar-refractivity contribution in [2.75, 3.05) is 13.2 Å². The van der Waals surface area contributed by atoms with Crippen LogP contribution < -0.4 is 14.2 Å². The first-order valence-corrected chi connectivity index (χ1v) is 9.62. The maximum absolute atomic E-state index is 12.6. The van der Waals surface area contributed by atoms with E-state index in [2.05, 4.69) is 6.58 Å². The molecule has 0 saturated carbocycles. The minimum absolute atomic E-state index is 0.327. The second kappa shape index (κ2) is 11.2. The van der Waals surface area contributed by atoms with E-state index in [1.807, 2.05) is 26.0 Å². The number of esters is 1. The molecule has 0 N–H and O–H groups in total. The van der Waals surface area contributed by atoms with Crippen LogP contribution in [0.2, 0.25) is 0 Å². The topological polar surface area (TPSA) is 63.2 Å². The molecule has 2 rings (SSSR count). The largest absolute Gasteiger partial charge is 0.461 e. The van der Waals surface area contributed by atoms with Crippen LogP contribution in [0.1, 0.15) is 43.6 Å². The Morgan fingerprint density at radius 2 is 1.52 bits per heavy atom. The Balaban J connectivity index is 2.21. The predicted octanol–water partition coefficient (Wildman–Crippen LogP) is 5.07. The number of carbonyl (C=O) groups is 1. The van der Waals surface area contributed by atoms with Gasteiger partial charge in [-0.25, -0.2) is 4.79 Å². The van der Waals surface area contributed by atoms with Gasteiger partial charge < -0.3 is 23.7 Å². The second-order valence-electron chi connectivity index (χ2n) is 6.11. The molecular formula is C23H28O6. The maximum Gasteiger partial charge on any atom is 0.343 e. The Morgan fingerprint density at radius 3 is 2.07 bits per heavy atom. The van der Waals surface area contributed by atoms with Crippen molar-refractivity contribution in [1.82, 2.24) is 0 Å². The molecule has 2 aromatic rings. The van der Waals surface area contributed by atoms with Crippen LogP contribution >= 0.6 is 0 Å². The molecule has 2 unspecified atom stereocenters. The normalized spacial score (nSPS) is 12.7. The van der Waals surface area contributed by atoms with Crippen LogP contribution in [0, 0.1) is 0 Å². The molecule has 6 heteroatoms. The van der Waals surface area contributed by atoms with E-state index < -0.39 is 18.5 Å². The SMILES string of the molecule is C=Cc1ccc(OC(=O)c2ccc(OC(C)OCC)c(OC(C)OCC)c2)cc1. The Kier molecular flexibility index (Phi) is 8.70. The van der Waals surface area contributed by atoms with E-state index in [-0.39, 0.29) is 0 Å². The fraction of sp³-hybridized carbons (Fsp3) is 0.348. The Labute approximate surface area is 172 Å². The van der Waals surface area contributed by atoms with Gasteiger partial charge in [0, 0.05) is 13.2 Å². The number of hydrogen-bond acceptors (Lipinski definition) is 6. The molecule has 156 valence electrons. The number of ether oxygens (including phenoxy) is 5. The Morgan fingerprint density at radius 1 is 0.931 bits per heavy atom. The van der Waals surface area contributed by atoms with Gasteiger partial charge in [-0.2, -0.15) is 0 Å². The molecule has 0 saturated heterocycles. The van der Waals surface area contributed by atoms with Crippen LogP contribution in [-0.4, -0.2) is 31.8 Å². The lowest BCUT2D eigenvalue weighted by Crippen LogP contribution is -2.20. The summed E-state index contributed by atoms with van der Waals surface area (Å²) in [5.74, 6) is 0.754. The summed E-state index contributed by atoms with van der Waals surface area (Å²) in [5.41, 5.74) is 1.27. The van der Waals surface area contributed by atoms with Crippen LogP contribution in [0.15, 0.2) is 49.0 Å². The van der Waals surface area contributed by atoms with Crippen molar-refractivity contribution in [3.63, 3.8) is 0 Å². The summed E-state index contributed by atoms with van der Waals surface area (Å²) in [6.45, 7) is 12.0. The van der Waals surface area contributed by atoms with Gasteiger partial charge in [-0.05, 0) is 63.6 Å². The van der Waals surface area contributed by atoms with E-state index in [0.717, 1.165) is 5.56 Å². The fourth-order valence-corrected chi connectivity index (χ4v) is 2.56. The van der Waals surface area contributed by atoms with Crippen molar-refractivity contribution in [3.8, 4) is 17.2 Å². The molecule has 0 aliphatic carbocycles. The summed E-state index contributed by atoms with van der Waals surface area (Å²) in [6.07, 6.45) is 0.741. The lowest BCUT2D eigenvalue weighted by atomic mass is 10.2. The van der Waals surface area contributed by atoms with Gasteiger partial charge in [-0.3, -0.25) is 0 Å². The monoisotopic (exact) mass is 400 g/mol. The summed E-state index contributed by atoms with van der Waals surface area (Å²) in [7, 11) is 0. The molecule has 0 fully saturated rings. The lowest BCUT2D eigenvalue weighted by Gasteiger charge is -2.20. The Bertz CT molecular complexity index is 800. The highest BCUT2D eigenvalue weighted by atomic mass is 16.7. The van der Waals surface area contributed by atoms with Crippen molar-refractivity contribution in [2.45, 2.75) is 40.3 Å². The number of benzene rings is 2. The van der Waals surface area contributed by atoms with Crippen LogP contribution in [0.25, 0.3) is 6.08 Å². The minimum atomic E-state index is -0.512. The summed E-state index contributed by atoms with van der Waals surface area (Å²) >= 11 is 0. The summed E-state index contributed by atoms with van der Waals surface area (Å²) in [6, 6.07) is 11.9. The van der Waals surface area contributed by atoms with Crippen LogP contribution in [0.3, 0.4) is 0 Å².